The number of hydrogen-bond acceptors (Lipinski definition) is 5. The minimum absolute atomic E-state index is 0.175. The van der Waals surface area contributed by atoms with Crippen molar-refractivity contribution in [2.45, 2.75) is 39.0 Å². The van der Waals surface area contributed by atoms with E-state index in [2.05, 4.69) is 16.8 Å². The van der Waals surface area contributed by atoms with E-state index in [9.17, 15) is 4.79 Å². The number of nitrogens with zero attached hydrogens (tertiary/aromatic N) is 4. The minimum atomic E-state index is -0.175. The van der Waals surface area contributed by atoms with E-state index in [0.717, 1.165) is 72.2 Å². The van der Waals surface area contributed by atoms with Crippen molar-refractivity contribution in [1.82, 2.24) is 14.7 Å². The summed E-state index contributed by atoms with van der Waals surface area (Å²) in [6, 6.07) is 18.0. The van der Waals surface area contributed by atoms with Gasteiger partial charge in [-0.1, -0.05) is 43.7 Å². The number of thioether (sulfide) groups is 1. The molecule has 5 rings (SSSR count). The molecular formula is C28H30N4O2S. The van der Waals surface area contributed by atoms with Gasteiger partial charge in [-0.2, -0.15) is 10.1 Å². The number of rotatable bonds is 7. The zero-order valence-corrected chi connectivity index (χ0v) is 20.8. The number of likely N-dealkylation sites (tertiary alicyclic amines) is 1. The average Bonchev–Trinajstić information content (AvgIpc) is 3.49. The van der Waals surface area contributed by atoms with Crippen molar-refractivity contribution in [3.05, 3.63) is 71.3 Å². The van der Waals surface area contributed by atoms with E-state index < -0.39 is 0 Å². The molecule has 7 heteroatoms. The summed E-state index contributed by atoms with van der Waals surface area (Å²) >= 11 is 1.47. The fourth-order valence-corrected chi connectivity index (χ4v) is 5.21. The molecule has 0 atom stereocenters. The Morgan fingerprint density at radius 1 is 1.06 bits per heavy atom. The lowest BCUT2D eigenvalue weighted by atomic mass is 10.1. The summed E-state index contributed by atoms with van der Waals surface area (Å²) in [5.74, 6) is 0.650. The number of carbonyl (C=O) groups is 1. The maximum atomic E-state index is 12.8. The molecule has 1 amide bonds. The van der Waals surface area contributed by atoms with Crippen molar-refractivity contribution in [2.24, 2.45) is 4.99 Å². The molecule has 0 unspecified atom stereocenters. The first-order chi connectivity index (χ1) is 17.2. The van der Waals surface area contributed by atoms with Gasteiger partial charge in [0.1, 0.15) is 11.4 Å². The third-order valence-corrected chi connectivity index (χ3v) is 7.20. The molecule has 3 aromatic rings. The third kappa shape index (κ3) is 5.51. The number of unbranched alkanes of at least 4 members (excludes halogenated alkanes) is 1. The molecule has 0 radical (unpaired) electrons. The molecule has 1 aromatic heterocycles. The number of piperidine rings is 1. The first-order valence-corrected chi connectivity index (χ1v) is 13.2. The van der Waals surface area contributed by atoms with Crippen LogP contribution in [-0.2, 0) is 4.79 Å². The number of aliphatic imine (C=N–C) groups is 1. The van der Waals surface area contributed by atoms with Crippen molar-refractivity contribution in [2.75, 3.05) is 19.7 Å². The fraction of sp³-hybridized carbons (Fsp3) is 0.321. The van der Waals surface area contributed by atoms with Gasteiger partial charge in [-0.25, -0.2) is 4.68 Å². The Balaban J connectivity index is 1.48. The maximum absolute atomic E-state index is 12.8. The van der Waals surface area contributed by atoms with E-state index in [1.54, 1.807) is 0 Å². The van der Waals surface area contributed by atoms with Gasteiger partial charge >= 0.3 is 0 Å². The zero-order valence-electron chi connectivity index (χ0n) is 20.0. The van der Waals surface area contributed by atoms with Crippen LogP contribution < -0.4 is 4.74 Å². The van der Waals surface area contributed by atoms with Crippen LogP contribution in [0, 0.1) is 0 Å². The maximum Gasteiger partial charge on any atom is 0.286 e. The Hall–Kier alpha value is -3.32. The van der Waals surface area contributed by atoms with Gasteiger partial charge in [0.2, 0.25) is 0 Å². The lowest BCUT2D eigenvalue weighted by Gasteiger charge is -2.27. The first kappa shape index (κ1) is 23.4. The topological polar surface area (TPSA) is 59.7 Å². The van der Waals surface area contributed by atoms with Crippen LogP contribution in [0.3, 0.4) is 0 Å². The van der Waals surface area contributed by atoms with Crippen LogP contribution in [0.5, 0.6) is 5.75 Å². The smallest absolute Gasteiger partial charge is 0.286 e. The molecule has 3 heterocycles. The van der Waals surface area contributed by atoms with Crippen molar-refractivity contribution in [3.8, 4) is 22.7 Å². The predicted molar refractivity (Wildman–Crippen MR) is 143 cm³/mol. The molecule has 1 fully saturated rings. The van der Waals surface area contributed by atoms with Gasteiger partial charge in [0.15, 0.2) is 5.17 Å². The highest BCUT2D eigenvalue weighted by Gasteiger charge is 2.27. The number of aromatic nitrogens is 2. The predicted octanol–water partition coefficient (Wildman–Crippen LogP) is 6.17. The van der Waals surface area contributed by atoms with E-state index in [-0.39, 0.29) is 5.91 Å². The number of amidine groups is 1. The SMILES string of the molecule is CCCCOc1cccc(-c2nn(-c3ccccc3)cc2/C=C2\SC(N3CCCCC3)=NC2=O)c1. The molecule has 0 saturated carbocycles. The Bertz CT molecular complexity index is 1240. The molecular weight excluding hydrogens is 456 g/mol. The lowest BCUT2D eigenvalue weighted by Crippen LogP contribution is -2.33. The summed E-state index contributed by atoms with van der Waals surface area (Å²) in [6.45, 7) is 4.78. The van der Waals surface area contributed by atoms with Gasteiger partial charge in [0, 0.05) is 30.4 Å². The minimum Gasteiger partial charge on any atom is -0.494 e. The summed E-state index contributed by atoms with van der Waals surface area (Å²) < 4.78 is 7.80. The van der Waals surface area contributed by atoms with Crippen LogP contribution in [0.15, 0.2) is 70.7 Å². The quantitative estimate of drug-likeness (QED) is 0.295. The molecule has 0 aliphatic carbocycles. The van der Waals surface area contributed by atoms with Crippen molar-refractivity contribution >= 4 is 28.9 Å². The number of para-hydroxylation sites is 1. The summed E-state index contributed by atoms with van der Waals surface area (Å²) in [5, 5.41) is 5.74. The van der Waals surface area contributed by atoms with E-state index in [0.29, 0.717) is 11.5 Å². The van der Waals surface area contributed by atoms with Crippen LogP contribution in [0.4, 0.5) is 0 Å². The second-order valence-electron chi connectivity index (χ2n) is 8.80. The number of benzene rings is 2. The van der Waals surface area contributed by atoms with E-state index in [1.165, 1.54) is 18.2 Å². The Kier molecular flexibility index (Phi) is 7.33. The van der Waals surface area contributed by atoms with E-state index in [4.69, 9.17) is 9.84 Å². The summed E-state index contributed by atoms with van der Waals surface area (Å²) in [4.78, 5) is 20.0. The summed E-state index contributed by atoms with van der Waals surface area (Å²) in [7, 11) is 0. The molecule has 2 aliphatic rings. The largest absolute Gasteiger partial charge is 0.494 e. The highest BCUT2D eigenvalue weighted by Crippen LogP contribution is 2.34. The monoisotopic (exact) mass is 486 g/mol. The number of amides is 1. The summed E-state index contributed by atoms with van der Waals surface area (Å²) in [5.41, 5.74) is 3.60. The Labute approximate surface area is 210 Å². The number of carbonyl (C=O) groups excluding carboxylic acids is 1. The first-order valence-electron chi connectivity index (χ1n) is 12.4. The van der Waals surface area contributed by atoms with Gasteiger partial charge in [0.25, 0.3) is 5.91 Å². The van der Waals surface area contributed by atoms with Gasteiger partial charge < -0.3 is 9.64 Å². The summed E-state index contributed by atoms with van der Waals surface area (Å²) in [6.07, 6.45) is 9.56. The standard InChI is InChI=1S/C28H30N4O2S/c1-2-3-17-34-24-14-10-11-21(18-24)26-22(20-32(30-26)23-12-6-4-7-13-23)19-25-27(33)29-28(35-25)31-15-8-5-9-16-31/h4,6-7,10-14,18-20H,2-3,5,8-9,15-17H2,1H3/b25-19-. The average molecular weight is 487 g/mol. The van der Waals surface area contributed by atoms with Crippen molar-refractivity contribution in [3.63, 3.8) is 0 Å². The molecule has 2 aliphatic heterocycles. The van der Waals surface area contributed by atoms with E-state index in [1.807, 2.05) is 71.6 Å². The third-order valence-electron chi connectivity index (χ3n) is 6.16. The van der Waals surface area contributed by atoms with Crippen LogP contribution in [-0.4, -0.2) is 45.5 Å². The highest BCUT2D eigenvalue weighted by atomic mass is 32.2. The molecule has 0 bridgehead atoms. The van der Waals surface area contributed by atoms with Gasteiger partial charge in [-0.3, -0.25) is 4.79 Å². The van der Waals surface area contributed by atoms with Crippen molar-refractivity contribution < 1.29 is 9.53 Å². The lowest BCUT2D eigenvalue weighted by molar-refractivity contribution is -0.113. The van der Waals surface area contributed by atoms with Gasteiger partial charge in [-0.05, 0) is 67.8 Å². The van der Waals surface area contributed by atoms with Crippen LogP contribution in [0.2, 0.25) is 0 Å². The molecule has 180 valence electrons. The molecule has 0 N–H and O–H groups in total. The molecule has 2 aromatic carbocycles. The molecule has 6 nitrogen and oxygen atoms in total. The molecule has 35 heavy (non-hydrogen) atoms. The Morgan fingerprint density at radius 2 is 1.89 bits per heavy atom. The second-order valence-corrected chi connectivity index (χ2v) is 9.81. The van der Waals surface area contributed by atoms with E-state index >= 15 is 0 Å². The van der Waals surface area contributed by atoms with Crippen LogP contribution in [0.1, 0.15) is 44.6 Å². The van der Waals surface area contributed by atoms with Crippen LogP contribution >= 0.6 is 11.8 Å². The molecule has 1 saturated heterocycles. The Morgan fingerprint density at radius 3 is 2.69 bits per heavy atom. The van der Waals surface area contributed by atoms with Crippen LogP contribution in [0.25, 0.3) is 23.0 Å². The second kappa shape index (κ2) is 11.0. The number of ether oxygens (including phenoxy) is 1. The molecule has 0 spiro atoms. The fourth-order valence-electron chi connectivity index (χ4n) is 4.26. The number of hydrogen-bond donors (Lipinski definition) is 0. The van der Waals surface area contributed by atoms with Gasteiger partial charge in [-0.15, -0.1) is 0 Å². The van der Waals surface area contributed by atoms with Gasteiger partial charge in [0.05, 0.1) is 17.2 Å². The zero-order chi connectivity index (χ0) is 24.0. The normalized spacial score (nSPS) is 17.2. The van der Waals surface area contributed by atoms with Crippen molar-refractivity contribution in [1.29, 1.82) is 0 Å². The highest BCUT2D eigenvalue weighted by molar-refractivity contribution is 8.18.